The van der Waals surface area contributed by atoms with Gasteiger partial charge < -0.3 is 9.80 Å². The number of thioether (sulfide) groups is 1. The number of hydrogen-bond acceptors (Lipinski definition) is 5. The molecule has 0 bridgehead atoms. The Morgan fingerprint density at radius 1 is 1.11 bits per heavy atom. The number of benzene rings is 1. The van der Waals surface area contributed by atoms with Gasteiger partial charge in [-0.25, -0.2) is 0 Å². The number of rotatable bonds is 3. The quantitative estimate of drug-likeness (QED) is 0.782. The molecule has 3 atom stereocenters. The maximum atomic E-state index is 5.09. The highest BCUT2D eigenvalue weighted by Gasteiger charge is 2.43. The molecule has 0 saturated carbocycles. The Balaban J connectivity index is 1.52. The van der Waals surface area contributed by atoms with Gasteiger partial charge in [0.15, 0.2) is 5.17 Å². The normalized spacial score (nSPS) is 27.2. The minimum absolute atomic E-state index is 0.0817. The maximum Gasteiger partial charge on any atom is 0.160 e. The first-order valence-electron chi connectivity index (χ1n) is 9.98. The second kappa shape index (κ2) is 6.86. The Morgan fingerprint density at radius 3 is 2.70 bits per heavy atom. The van der Waals surface area contributed by atoms with Gasteiger partial charge in [-0.3, -0.25) is 9.98 Å². The van der Waals surface area contributed by atoms with Gasteiger partial charge in [-0.15, -0.1) is 0 Å². The zero-order valence-electron chi connectivity index (χ0n) is 16.0. The second-order valence-electron chi connectivity index (χ2n) is 7.88. The molecule has 4 heterocycles. The van der Waals surface area contributed by atoms with E-state index in [9.17, 15) is 0 Å². The van der Waals surface area contributed by atoms with Gasteiger partial charge in [0.25, 0.3) is 0 Å². The number of hydrogen-bond donors (Lipinski definition) is 0. The van der Waals surface area contributed by atoms with Crippen LogP contribution < -0.4 is 4.90 Å². The van der Waals surface area contributed by atoms with Crippen LogP contribution >= 0.6 is 11.8 Å². The van der Waals surface area contributed by atoms with Crippen LogP contribution in [0.5, 0.6) is 0 Å². The monoisotopic (exact) mass is 378 g/mol. The lowest BCUT2D eigenvalue weighted by Gasteiger charge is -2.29. The molecule has 3 aliphatic rings. The molecule has 5 heteroatoms. The molecule has 4 nitrogen and oxygen atoms in total. The highest BCUT2D eigenvalue weighted by molar-refractivity contribution is 8.14. The smallest absolute Gasteiger partial charge is 0.160 e. The predicted molar refractivity (Wildman–Crippen MR) is 114 cm³/mol. The van der Waals surface area contributed by atoms with Gasteiger partial charge in [-0.05, 0) is 49.1 Å². The van der Waals surface area contributed by atoms with Crippen LogP contribution in [0.15, 0.2) is 47.6 Å². The molecule has 5 rings (SSSR count). The van der Waals surface area contributed by atoms with Crippen LogP contribution in [0.2, 0.25) is 0 Å². The molecule has 2 saturated heterocycles. The summed E-state index contributed by atoms with van der Waals surface area (Å²) >= 11 is 1.90. The van der Waals surface area contributed by atoms with Crippen LogP contribution in [0.4, 0.5) is 5.69 Å². The first-order valence-corrected chi connectivity index (χ1v) is 10.9. The molecule has 0 radical (unpaired) electrons. The van der Waals surface area contributed by atoms with E-state index in [-0.39, 0.29) is 12.1 Å². The van der Waals surface area contributed by atoms with Gasteiger partial charge in [0.05, 0.1) is 11.7 Å². The second-order valence-corrected chi connectivity index (χ2v) is 9.28. The van der Waals surface area contributed by atoms with Crippen molar-refractivity contribution < 1.29 is 0 Å². The third-order valence-electron chi connectivity index (χ3n) is 5.89. The molecule has 1 aromatic heterocycles. The SMILES string of the molecule is Cc1cc([C@@H]2[C@H](c3ccccn3)N=C3S[C@@H](C)CN32)ccc1N1CCCC1. The molecule has 0 amide bonds. The average molecular weight is 379 g/mol. The first-order chi connectivity index (χ1) is 13.2. The Hall–Kier alpha value is -2.01. The van der Waals surface area contributed by atoms with Crippen LogP contribution in [-0.4, -0.2) is 39.9 Å². The molecule has 1 aromatic carbocycles. The largest absolute Gasteiger partial charge is 0.371 e. The van der Waals surface area contributed by atoms with Gasteiger partial charge in [0.1, 0.15) is 6.04 Å². The molecule has 0 spiro atoms. The fourth-order valence-corrected chi connectivity index (χ4v) is 5.75. The number of nitrogens with zero attached hydrogens (tertiary/aromatic N) is 4. The molecular formula is C22H26N4S. The number of aryl methyl sites for hydroxylation is 1. The Kier molecular flexibility index (Phi) is 4.35. The molecule has 27 heavy (non-hydrogen) atoms. The maximum absolute atomic E-state index is 5.09. The minimum Gasteiger partial charge on any atom is -0.371 e. The third kappa shape index (κ3) is 3.02. The Bertz CT molecular complexity index is 860. The van der Waals surface area contributed by atoms with Crippen molar-refractivity contribution in [1.82, 2.24) is 9.88 Å². The summed E-state index contributed by atoms with van der Waals surface area (Å²) in [6.45, 7) is 7.98. The number of anilines is 1. The fourth-order valence-electron chi connectivity index (χ4n) is 4.65. The van der Waals surface area contributed by atoms with E-state index in [1.54, 1.807) is 0 Å². The number of fused-ring (bicyclic) bond motifs is 1. The van der Waals surface area contributed by atoms with Crippen molar-refractivity contribution >= 4 is 22.6 Å². The van der Waals surface area contributed by atoms with E-state index in [0.29, 0.717) is 5.25 Å². The Labute approximate surface area is 165 Å². The lowest BCUT2D eigenvalue weighted by Crippen LogP contribution is -2.28. The van der Waals surface area contributed by atoms with Crippen LogP contribution in [0.1, 0.15) is 48.7 Å². The Morgan fingerprint density at radius 2 is 1.96 bits per heavy atom. The summed E-state index contributed by atoms with van der Waals surface area (Å²) in [5.41, 5.74) is 5.20. The molecular weight excluding hydrogens is 352 g/mol. The van der Waals surface area contributed by atoms with Crippen LogP contribution in [-0.2, 0) is 0 Å². The van der Waals surface area contributed by atoms with Crippen molar-refractivity contribution in [2.75, 3.05) is 24.5 Å². The average Bonchev–Trinajstić information content (AvgIpc) is 3.38. The van der Waals surface area contributed by atoms with Crippen LogP contribution in [0.25, 0.3) is 0 Å². The van der Waals surface area contributed by atoms with E-state index in [4.69, 9.17) is 4.99 Å². The molecule has 0 unspecified atom stereocenters. The third-order valence-corrected chi connectivity index (χ3v) is 6.99. The van der Waals surface area contributed by atoms with E-state index < -0.39 is 0 Å². The molecule has 2 aromatic rings. The predicted octanol–water partition coefficient (Wildman–Crippen LogP) is 4.58. The fraction of sp³-hybridized carbons (Fsp3) is 0.455. The molecule has 2 fully saturated rings. The van der Waals surface area contributed by atoms with Gasteiger partial charge in [-0.1, -0.05) is 36.9 Å². The number of aliphatic imine (C=N–C) groups is 1. The van der Waals surface area contributed by atoms with Crippen molar-refractivity contribution in [3.05, 3.63) is 59.4 Å². The van der Waals surface area contributed by atoms with E-state index in [0.717, 1.165) is 12.2 Å². The van der Waals surface area contributed by atoms with Crippen LogP contribution in [0.3, 0.4) is 0 Å². The van der Waals surface area contributed by atoms with Gasteiger partial charge in [0.2, 0.25) is 0 Å². The zero-order valence-corrected chi connectivity index (χ0v) is 16.8. The summed E-state index contributed by atoms with van der Waals surface area (Å²) in [6.07, 6.45) is 4.50. The first kappa shape index (κ1) is 17.1. The van der Waals surface area contributed by atoms with Crippen molar-refractivity contribution in [2.24, 2.45) is 4.99 Å². The topological polar surface area (TPSA) is 31.7 Å². The van der Waals surface area contributed by atoms with Crippen molar-refractivity contribution in [1.29, 1.82) is 0 Å². The molecule has 0 N–H and O–H groups in total. The van der Waals surface area contributed by atoms with E-state index in [2.05, 4.69) is 59.0 Å². The number of aromatic nitrogens is 1. The van der Waals surface area contributed by atoms with Crippen molar-refractivity contribution in [2.45, 2.75) is 44.0 Å². The highest BCUT2D eigenvalue weighted by Crippen LogP contribution is 2.48. The number of pyridine rings is 1. The van der Waals surface area contributed by atoms with Crippen molar-refractivity contribution in [3.8, 4) is 0 Å². The summed E-state index contributed by atoms with van der Waals surface area (Å²) in [4.78, 5) is 14.8. The molecule has 0 aliphatic carbocycles. The number of amidine groups is 1. The summed E-state index contributed by atoms with van der Waals surface area (Å²) in [5, 5.41) is 1.78. The summed E-state index contributed by atoms with van der Waals surface area (Å²) in [7, 11) is 0. The summed E-state index contributed by atoms with van der Waals surface area (Å²) < 4.78 is 0. The van der Waals surface area contributed by atoms with Crippen LogP contribution in [0, 0.1) is 6.92 Å². The van der Waals surface area contributed by atoms with Crippen molar-refractivity contribution in [3.63, 3.8) is 0 Å². The van der Waals surface area contributed by atoms with Gasteiger partial charge in [-0.2, -0.15) is 0 Å². The zero-order chi connectivity index (χ0) is 18.4. The van der Waals surface area contributed by atoms with E-state index >= 15 is 0 Å². The molecule has 140 valence electrons. The highest BCUT2D eigenvalue weighted by atomic mass is 32.2. The van der Waals surface area contributed by atoms with Gasteiger partial charge >= 0.3 is 0 Å². The lowest BCUT2D eigenvalue weighted by atomic mass is 9.94. The minimum atomic E-state index is 0.0817. The standard InChI is InChI=1S/C22H26N4S/c1-15-13-17(8-9-19(15)25-11-5-6-12-25)21-20(18-7-3-4-10-23-18)24-22-26(21)14-16(2)27-22/h3-4,7-10,13,16,20-21H,5-6,11-12,14H2,1-2H3/t16-,20-,21+/m0/s1. The molecule has 3 aliphatic heterocycles. The lowest BCUT2D eigenvalue weighted by molar-refractivity contribution is 0.321. The van der Waals surface area contributed by atoms with E-state index in [1.807, 2.05) is 24.0 Å². The van der Waals surface area contributed by atoms with Gasteiger partial charge in [0, 0.05) is 36.8 Å². The summed E-state index contributed by atoms with van der Waals surface area (Å²) in [6, 6.07) is 13.5. The van der Waals surface area contributed by atoms with E-state index in [1.165, 1.54) is 47.9 Å². The summed E-state index contributed by atoms with van der Waals surface area (Å²) in [5.74, 6) is 0.